The second kappa shape index (κ2) is 8.41. The number of aromatic nitrogens is 4. The van der Waals surface area contributed by atoms with Crippen LogP contribution in [0.25, 0.3) is 16.3 Å². The first-order valence-corrected chi connectivity index (χ1v) is 10.7. The summed E-state index contributed by atoms with van der Waals surface area (Å²) in [5.41, 5.74) is 3.90. The summed E-state index contributed by atoms with van der Waals surface area (Å²) >= 11 is 1.56. The van der Waals surface area contributed by atoms with E-state index in [4.69, 9.17) is 5.10 Å². The molecule has 2 aromatic carbocycles. The highest BCUT2D eigenvalue weighted by atomic mass is 32.1. The molecule has 1 N–H and O–H groups in total. The molecule has 1 amide bonds. The third-order valence-electron chi connectivity index (χ3n) is 4.82. The third kappa shape index (κ3) is 4.17. The van der Waals surface area contributed by atoms with Crippen LogP contribution < -0.4 is 5.32 Å². The maximum absolute atomic E-state index is 13.2. The zero-order chi connectivity index (χ0) is 21.0. The minimum atomic E-state index is -0.193. The standard InChI is InChI=1S/C24H19N5OS/c30-24(26-19-8-4-7-18(15-19)16-28-13-6-12-25-28)21-17-29(20-9-2-1-3-10-20)27-23(21)22-11-5-14-31-22/h1-15,17H,16H2,(H,26,30). The van der Waals surface area contributed by atoms with Gasteiger partial charge >= 0.3 is 0 Å². The molecule has 0 bridgehead atoms. The fraction of sp³-hybridized carbons (Fsp3) is 0.0417. The first-order chi connectivity index (χ1) is 15.3. The summed E-state index contributed by atoms with van der Waals surface area (Å²) in [4.78, 5) is 14.2. The number of anilines is 1. The van der Waals surface area contributed by atoms with Crippen molar-refractivity contribution in [3.05, 3.63) is 108 Å². The number of rotatable bonds is 6. The van der Waals surface area contributed by atoms with E-state index in [0.717, 1.165) is 21.8 Å². The molecule has 0 radical (unpaired) electrons. The predicted octanol–water partition coefficient (Wildman–Crippen LogP) is 5.10. The highest BCUT2D eigenvalue weighted by Crippen LogP contribution is 2.28. The molecule has 0 fully saturated rings. The van der Waals surface area contributed by atoms with Crippen LogP contribution in [-0.2, 0) is 6.54 Å². The van der Waals surface area contributed by atoms with Gasteiger partial charge in [-0.15, -0.1) is 11.3 Å². The van der Waals surface area contributed by atoms with Crippen molar-refractivity contribution in [3.63, 3.8) is 0 Å². The van der Waals surface area contributed by atoms with Gasteiger partial charge in [0.2, 0.25) is 0 Å². The average molecular weight is 426 g/mol. The van der Waals surface area contributed by atoms with Gasteiger partial charge in [0.25, 0.3) is 5.91 Å². The molecule has 0 saturated carbocycles. The first-order valence-electron chi connectivity index (χ1n) is 9.83. The van der Waals surface area contributed by atoms with Crippen molar-refractivity contribution in [2.24, 2.45) is 0 Å². The smallest absolute Gasteiger partial charge is 0.259 e. The van der Waals surface area contributed by atoms with Crippen LogP contribution in [0.15, 0.2) is 96.8 Å². The van der Waals surface area contributed by atoms with Gasteiger partial charge in [0.05, 0.1) is 22.7 Å². The topological polar surface area (TPSA) is 64.7 Å². The van der Waals surface area contributed by atoms with Crippen molar-refractivity contribution in [2.45, 2.75) is 6.54 Å². The van der Waals surface area contributed by atoms with Crippen LogP contribution in [0.3, 0.4) is 0 Å². The number of hydrogen-bond acceptors (Lipinski definition) is 4. The van der Waals surface area contributed by atoms with Gasteiger partial charge in [-0.05, 0) is 47.3 Å². The number of nitrogens with zero attached hydrogens (tertiary/aromatic N) is 4. The minimum Gasteiger partial charge on any atom is -0.322 e. The number of para-hydroxylation sites is 1. The molecule has 0 atom stereocenters. The van der Waals surface area contributed by atoms with Crippen molar-refractivity contribution in [1.29, 1.82) is 0 Å². The highest BCUT2D eigenvalue weighted by Gasteiger charge is 2.19. The lowest BCUT2D eigenvalue weighted by Gasteiger charge is -2.08. The van der Waals surface area contributed by atoms with Crippen LogP contribution in [-0.4, -0.2) is 25.5 Å². The molecular weight excluding hydrogens is 406 g/mol. The van der Waals surface area contributed by atoms with Crippen LogP contribution in [0.5, 0.6) is 0 Å². The Bertz CT molecular complexity index is 1290. The second-order valence-corrected chi connectivity index (χ2v) is 7.95. The molecule has 0 spiro atoms. The molecule has 6 nitrogen and oxygen atoms in total. The summed E-state index contributed by atoms with van der Waals surface area (Å²) in [7, 11) is 0. The summed E-state index contributed by atoms with van der Waals surface area (Å²) in [6, 6.07) is 23.4. The summed E-state index contributed by atoms with van der Waals surface area (Å²) in [6.45, 7) is 0.642. The van der Waals surface area contributed by atoms with Gasteiger partial charge in [-0.3, -0.25) is 9.48 Å². The van der Waals surface area contributed by atoms with E-state index in [2.05, 4.69) is 10.4 Å². The number of carbonyl (C=O) groups excluding carboxylic acids is 1. The number of thiophene rings is 1. The second-order valence-electron chi connectivity index (χ2n) is 7.01. The third-order valence-corrected chi connectivity index (χ3v) is 5.70. The summed E-state index contributed by atoms with van der Waals surface area (Å²) in [6.07, 6.45) is 5.45. The van der Waals surface area contributed by atoms with Gasteiger partial charge in [0.15, 0.2) is 0 Å². The average Bonchev–Trinajstić information content (AvgIpc) is 3.56. The Balaban J connectivity index is 1.44. The van der Waals surface area contributed by atoms with Crippen molar-refractivity contribution >= 4 is 22.9 Å². The Labute approximate surface area is 183 Å². The largest absolute Gasteiger partial charge is 0.322 e. The fourth-order valence-electron chi connectivity index (χ4n) is 3.38. The zero-order valence-corrected chi connectivity index (χ0v) is 17.4. The molecule has 5 rings (SSSR count). The lowest BCUT2D eigenvalue weighted by Crippen LogP contribution is -2.12. The van der Waals surface area contributed by atoms with Gasteiger partial charge < -0.3 is 5.32 Å². The van der Waals surface area contributed by atoms with Crippen LogP contribution in [0.1, 0.15) is 15.9 Å². The predicted molar refractivity (Wildman–Crippen MR) is 123 cm³/mol. The van der Waals surface area contributed by atoms with Gasteiger partial charge in [-0.1, -0.05) is 36.4 Å². The van der Waals surface area contributed by atoms with E-state index in [1.54, 1.807) is 28.4 Å². The van der Waals surface area contributed by atoms with Crippen LogP contribution >= 0.6 is 11.3 Å². The Morgan fingerprint density at radius 2 is 1.90 bits per heavy atom. The number of hydrogen-bond donors (Lipinski definition) is 1. The molecule has 31 heavy (non-hydrogen) atoms. The normalized spacial score (nSPS) is 10.8. The van der Waals surface area contributed by atoms with Crippen LogP contribution in [0.4, 0.5) is 5.69 Å². The summed E-state index contributed by atoms with van der Waals surface area (Å²) in [5.74, 6) is -0.193. The van der Waals surface area contributed by atoms with Crippen LogP contribution in [0.2, 0.25) is 0 Å². The summed E-state index contributed by atoms with van der Waals surface area (Å²) in [5, 5.41) is 14.0. The van der Waals surface area contributed by atoms with Gasteiger partial charge in [0, 0.05) is 24.3 Å². The molecule has 7 heteroatoms. The van der Waals surface area contributed by atoms with E-state index in [0.29, 0.717) is 17.8 Å². The van der Waals surface area contributed by atoms with Crippen molar-refractivity contribution in [3.8, 4) is 16.3 Å². The molecular formula is C24H19N5OS. The van der Waals surface area contributed by atoms with Gasteiger partial charge in [-0.25, -0.2) is 4.68 Å². The maximum atomic E-state index is 13.2. The summed E-state index contributed by atoms with van der Waals surface area (Å²) < 4.78 is 3.60. The highest BCUT2D eigenvalue weighted by molar-refractivity contribution is 7.13. The van der Waals surface area contributed by atoms with E-state index >= 15 is 0 Å². The lowest BCUT2D eigenvalue weighted by atomic mass is 10.1. The van der Waals surface area contributed by atoms with Crippen molar-refractivity contribution in [1.82, 2.24) is 19.6 Å². The molecule has 0 saturated heterocycles. The van der Waals surface area contributed by atoms with E-state index in [1.165, 1.54) is 0 Å². The fourth-order valence-corrected chi connectivity index (χ4v) is 4.10. The molecule has 3 aromatic heterocycles. The Morgan fingerprint density at radius 3 is 2.68 bits per heavy atom. The zero-order valence-electron chi connectivity index (χ0n) is 16.6. The molecule has 0 aliphatic rings. The number of nitrogens with one attached hydrogen (secondary N) is 1. The molecule has 0 aliphatic heterocycles. The van der Waals surface area contributed by atoms with E-state index in [1.807, 2.05) is 89.1 Å². The number of amides is 1. The monoisotopic (exact) mass is 425 g/mol. The van der Waals surface area contributed by atoms with Gasteiger partial charge in [-0.2, -0.15) is 10.2 Å². The van der Waals surface area contributed by atoms with E-state index in [-0.39, 0.29) is 5.91 Å². The van der Waals surface area contributed by atoms with Crippen molar-refractivity contribution < 1.29 is 4.79 Å². The number of benzene rings is 2. The van der Waals surface area contributed by atoms with Gasteiger partial charge in [0.1, 0.15) is 5.69 Å². The Hall–Kier alpha value is -3.97. The molecule has 0 aliphatic carbocycles. The van der Waals surface area contributed by atoms with Crippen LogP contribution in [0, 0.1) is 0 Å². The quantitative estimate of drug-likeness (QED) is 0.412. The Morgan fingerprint density at radius 1 is 1.00 bits per heavy atom. The minimum absolute atomic E-state index is 0.193. The maximum Gasteiger partial charge on any atom is 0.259 e. The lowest BCUT2D eigenvalue weighted by molar-refractivity contribution is 0.102. The Kier molecular flexibility index (Phi) is 5.16. The molecule has 0 unspecified atom stereocenters. The SMILES string of the molecule is O=C(Nc1cccc(Cn2cccn2)c1)c1cn(-c2ccccc2)nc1-c1cccs1. The first kappa shape index (κ1) is 19.0. The van der Waals surface area contributed by atoms with Crippen molar-refractivity contribution in [2.75, 3.05) is 5.32 Å². The van der Waals surface area contributed by atoms with E-state index in [9.17, 15) is 4.79 Å². The molecule has 152 valence electrons. The molecule has 5 aromatic rings. The molecule has 3 heterocycles. The van der Waals surface area contributed by atoms with E-state index < -0.39 is 0 Å². The number of carbonyl (C=O) groups is 1.